The molecule has 9 heteroatoms. The second-order valence-electron chi connectivity index (χ2n) is 6.59. The Morgan fingerprint density at radius 2 is 2.04 bits per heavy atom. The molecule has 1 aromatic heterocycles. The van der Waals surface area contributed by atoms with Gasteiger partial charge in [-0.15, -0.1) is 0 Å². The van der Waals surface area contributed by atoms with Gasteiger partial charge in [0.1, 0.15) is 5.75 Å². The Bertz CT molecular complexity index is 915. The van der Waals surface area contributed by atoms with Gasteiger partial charge in [0.05, 0.1) is 24.6 Å². The predicted octanol–water partition coefficient (Wildman–Crippen LogP) is 2.16. The number of benzene rings is 1. The molecule has 0 unspecified atom stereocenters. The van der Waals surface area contributed by atoms with Crippen molar-refractivity contribution in [1.29, 1.82) is 0 Å². The number of hydrogen-bond acceptors (Lipinski definition) is 5. The van der Waals surface area contributed by atoms with Crippen molar-refractivity contribution in [3.8, 4) is 5.75 Å². The number of carbonyl (C=O) groups is 1. The molecule has 1 aromatic carbocycles. The third-order valence-electron chi connectivity index (χ3n) is 4.47. The lowest BCUT2D eigenvalue weighted by Gasteiger charge is -2.44. The molecule has 8 nitrogen and oxygen atoms in total. The fraction of sp³-hybridized carbons (Fsp3) is 0.368. The maximum absolute atomic E-state index is 12.5. The topological polar surface area (TPSA) is 91.8 Å². The normalized spacial score (nSPS) is 14.6. The summed E-state index contributed by atoms with van der Waals surface area (Å²) in [6.45, 7) is 3.27. The molecule has 1 saturated heterocycles. The summed E-state index contributed by atoms with van der Waals surface area (Å²) in [5.74, 6) is 0.602. The Hall–Kier alpha value is -2.65. The van der Waals surface area contributed by atoms with Gasteiger partial charge in [-0.2, -0.15) is 4.31 Å². The van der Waals surface area contributed by atoms with E-state index in [1.807, 2.05) is 25.1 Å². The summed E-state index contributed by atoms with van der Waals surface area (Å²) in [7, 11) is -3.42. The molecule has 1 aliphatic heterocycles. The Balaban J connectivity index is 1.62. The SMILES string of the molecule is CCOc1ccccc1NC(=O)N1CC(N(Cc2cccnc2)S(C)(=O)=O)C1. The molecule has 0 bridgehead atoms. The van der Waals surface area contributed by atoms with Crippen molar-refractivity contribution in [2.75, 3.05) is 31.3 Å². The van der Waals surface area contributed by atoms with Gasteiger partial charge in [-0.3, -0.25) is 4.98 Å². The fourth-order valence-electron chi connectivity index (χ4n) is 3.04. The number of sulfonamides is 1. The van der Waals surface area contributed by atoms with Crippen LogP contribution >= 0.6 is 0 Å². The smallest absolute Gasteiger partial charge is 0.322 e. The number of aromatic nitrogens is 1. The van der Waals surface area contributed by atoms with E-state index in [9.17, 15) is 13.2 Å². The van der Waals surface area contributed by atoms with E-state index >= 15 is 0 Å². The lowest BCUT2D eigenvalue weighted by atomic mass is 10.1. The molecule has 0 atom stereocenters. The average Bonchev–Trinajstić information content (AvgIpc) is 2.61. The molecule has 2 aromatic rings. The van der Waals surface area contributed by atoms with Crippen LogP contribution in [-0.2, 0) is 16.6 Å². The van der Waals surface area contributed by atoms with Gasteiger partial charge in [-0.05, 0) is 30.7 Å². The number of para-hydroxylation sites is 2. The lowest BCUT2D eigenvalue weighted by Crippen LogP contribution is -2.62. The molecule has 2 heterocycles. The molecule has 1 N–H and O–H groups in total. The van der Waals surface area contributed by atoms with E-state index in [2.05, 4.69) is 10.3 Å². The van der Waals surface area contributed by atoms with Crippen LogP contribution in [0.2, 0.25) is 0 Å². The highest BCUT2D eigenvalue weighted by Gasteiger charge is 2.39. The van der Waals surface area contributed by atoms with Crippen LogP contribution in [0.25, 0.3) is 0 Å². The number of amides is 2. The average molecular weight is 404 g/mol. The number of hydrogen-bond donors (Lipinski definition) is 1. The van der Waals surface area contributed by atoms with Crippen LogP contribution in [0.15, 0.2) is 48.8 Å². The standard InChI is InChI=1S/C19H24N4O4S/c1-3-27-18-9-5-4-8-17(18)21-19(24)22-13-16(14-22)23(28(2,25)26)12-15-7-6-10-20-11-15/h4-11,16H,3,12-14H2,1-2H3,(H,21,24). The van der Waals surface area contributed by atoms with E-state index < -0.39 is 10.0 Å². The number of nitrogens with one attached hydrogen (secondary N) is 1. The van der Waals surface area contributed by atoms with E-state index in [0.717, 1.165) is 5.56 Å². The monoisotopic (exact) mass is 404 g/mol. The molecular formula is C19H24N4O4S. The summed E-state index contributed by atoms with van der Waals surface area (Å²) >= 11 is 0. The fourth-order valence-corrected chi connectivity index (χ4v) is 4.10. The van der Waals surface area contributed by atoms with Crippen molar-refractivity contribution in [3.63, 3.8) is 0 Å². The minimum absolute atomic E-state index is 0.236. The zero-order valence-corrected chi connectivity index (χ0v) is 16.7. The highest BCUT2D eigenvalue weighted by molar-refractivity contribution is 7.88. The van der Waals surface area contributed by atoms with E-state index in [1.54, 1.807) is 35.5 Å². The summed E-state index contributed by atoms with van der Waals surface area (Å²) in [5.41, 5.74) is 1.40. The number of rotatable bonds is 7. The number of urea groups is 1. The molecule has 0 radical (unpaired) electrons. The number of nitrogens with zero attached hydrogens (tertiary/aromatic N) is 3. The first-order valence-electron chi connectivity index (χ1n) is 9.02. The number of likely N-dealkylation sites (tertiary alicyclic amines) is 1. The maximum Gasteiger partial charge on any atom is 0.322 e. The Morgan fingerprint density at radius 1 is 1.29 bits per heavy atom. The highest BCUT2D eigenvalue weighted by atomic mass is 32.2. The second kappa shape index (κ2) is 8.57. The van der Waals surface area contributed by atoms with Gasteiger partial charge in [0.25, 0.3) is 0 Å². The summed E-state index contributed by atoms with van der Waals surface area (Å²) < 4.78 is 31.4. The van der Waals surface area contributed by atoms with Crippen molar-refractivity contribution in [2.45, 2.75) is 19.5 Å². The van der Waals surface area contributed by atoms with Crippen molar-refractivity contribution < 1.29 is 17.9 Å². The summed E-state index contributed by atoms with van der Waals surface area (Å²) in [6.07, 6.45) is 4.47. The van der Waals surface area contributed by atoms with Gasteiger partial charge in [-0.1, -0.05) is 18.2 Å². The molecule has 0 aliphatic carbocycles. The van der Waals surface area contributed by atoms with Crippen LogP contribution in [0, 0.1) is 0 Å². The van der Waals surface area contributed by atoms with Crippen molar-refractivity contribution in [2.24, 2.45) is 0 Å². The summed E-state index contributed by atoms with van der Waals surface area (Å²) in [6, 6.07) is 10.3. The molecule has 1 aliphatic rings. The van der Waals surface area contributed by atoms with Crippen LogP contribution in [0.5, 0.6) is 5.75 Å². The van der Waals surface area contributed by atoms with Crippen molar-refractivity contribution >= 4 is 21.7 Å². The quantitative estimate of drug-likeness (QED) is 0.764. The number of carbonyl (C=O) groups excluding carboxylic acids is 1. The summed E-state index contributed by atoms with van der Waals surface area (Å²) in [5, 5.41) is 2.83. The molecule has 2 amide bonds. The summed E-state index contributed by atoms with van der Waals surface area (Å²) in [4.78, 5) is 18.1. The van der Waals surface area contributed by atoms with E-state index in [0.29, 0.717) is 31.1 Å². The predicted molar refractivity (Wildman–Crippen MR) is 107 cm³/mol. The molecule has 1 fully saturated rings. The minimum Gasteiger partial charge on any atom is -0.492 e. The Kier molecular flexibility index (Phi) is 6.15. The first-order valence-corrected chi connectivity index (χ1v) is 10.9. The van der Waals surface area contributed by atoms with Gasteiger partial charge in [0.2, 0.25) is 10.0 Å². The van der Waals surface area contributed by atoms with E-state index in [1.165, 1.54) is 10.6 Å². The Morgan fingerprint density at radius 3 is 2.68 bits per heavy atom. The number of ether oxygens (including phenoxy) is 1. The zero-order chi connectivity index (χ0) is 20.1. The first kappa shape index (κ1) is 20.1. The molecule has 0 saturated carbocycles. The van der Waals surface area contributed by atoms with Gasteiger partial charge >= 0.3 is 6.03 Å². The number of pyridine rings is 1. The third kappa shape index (κ3) is 4.79. The molecule has 28 heavy (non-hydrogen) atoms. The van der Waals surface area contributed by atoms with Crippen LogP contribution in [-0.4, -0.2) is 60.6 Å². The van der Waals surface area contributed by atoms with Crippen LogP contribution < -0.4 is 10.1 Å². The first-order chi connectivity index (χ1) is 13.4. The van der Waals surface area contributed by atoms with Crippen LogP contribution in [0.4, 0.5) is 10.5 Å². The van der Waals surface area contributed by atoms with Gasteiger partial charge < -0.3 is 15.0 Å². The minimum atomic E-state index is -3.42. The van der Waals surface area contributed by atoms with Crippen molar-refractivity contribution in [3.05, 3.63) is 54.4 Å². The molecule has 150 valence electrons. The van der Waals surface area contributed by atoms with Gasteiger partial charge in [0.15, 0.2) is 0 Å². The zero-order valence-electron chi connectivity index (χ0n) is 15.9. The van der Waals surface area contributed by atoms with E-state index in [4.69, 9.17) is 4.74 Å². The third-order valence-corrected chi connectivity index (χ3v) is 5.75. The largest absolute Gasteiger partial charge is 0.492 e. The maximum atomic E-state index is 12.5. The molecular weight excluding hydrogens is 380 g/mol. The van der Waals surface area contributed by atoms with Gasteiger partial charge in [-0.25, -0.2) is 13.2 Å². The highest BCUT2D eigenvalue weighted by Crippen LogP contribution is 2.26. The lowest BCUT2D eigenvalue weighted by molar-refractivity contribution is 0.106. The van der Waals surface area contributed by atoms with E-state index in [-0.39, 0.29) is 18.6 Å². The molecule has 0 spiro atoms. The van der Waals surface area contributed by atoms with Crippen LogP contribution in [0.3, 0.4) is 0 Å². The van der Waals surface area contributed by atoms with Crippen molar-refractivity contribution in [1.82, 2.24) is 14.2 Å². The number of anilines is 1. The Labute approximate surface area is 165 Å². The van der Waals surface area contributed by atoms with Crippen LogP contribution in [0.1, 0.15) is 12.5 Å². The second-order valence-corrected chi connectivity index (χ2v) is 8.52. The van der Waals surface area contributed by atoms with Gasteiger partial charge in [0, 0.05) is 32.0 Å². The molecule has 3 rings (SSSR count).